The van der Waals surface area contributed by atoms with Crippen molar-refractivity contribution >= 4 is 23.6 Å². The van der Waals surface area contributed by atoms with Crippen LogP contribution in [0.3, 0.4) is 0 Å². The van der Waals surface area contributed by atoms with Crippen LogP contribution in [0.1, 0.15) is 79.3 Å². The number of benzene rings is 1. The predicted octanol–water partition coefficient (Wildman–Crippen LogP) is 5.40. The molecule has 0 aromatic heterocycles. The van der Waals surface area contributed by atoms with Gasteiger partial charge in [-0.05, 0) is 55.7 Å². The molecule has 33 heavy (non-hydrogen) atoms. The van der Waals surface area contributed by atoms with Gasteiger partial charge in [-0.1, -0.05) is 46.8 Å². The SMILES string of the molecule is CCCN1C(=O)NC(c2ccc(NC(=O)CC(C)CC(C)(C)C)cc2)C(C(=O)OCC)=C1C. The van der Waals surface area contributed by atoms with Crippen molar-refractivity contribution < 1.29 is 19.1 Å². The molecule has 1 aromatic carbocycles. The smallest absolute Gasteiger partial charge is 0.338 e. The zero-order valence-electron chi connectivity index (χ0n) is 21.1. The van der Waals surface area contributed by atoms with E-state index in [0.717, 1.165) is 18.4 Å². The summed E-state index contributed by atoms with van der Waals surface area (Å²) in [6.07, 6.45) is 2.20. The van der Waals surface area contributed by atoms with Gasteiger partial charge in [0.15, 0.2) is 0 Å². The Morgan fingerprint density at radius 3 is 2.36 bits per heavy atom. The van der Waals surface area contributed by atoms with Gasteiger partial charge in [-0.15, -0.1) is 0 Å². The Kier molecular flexibility index (Phi) is 9.08. The second-order valence-corrected chi connectivity index (χ2v) is 10.00. The zero-order valence-corrected chi connectivity index (χ0v) is 21.1. The number of hydrogen-bond donors (Lipinski definition) is 2. The van der Waals surface area contributed by atoms with Gasteiger partial charge < -0.3 is 15.4 Å². The van der Waals surface area contributed by atoms with Gasteiger partial charge in [-0.2, -0.15) is 0 Å². The standard InChI is InChI=1S/C26H39N3O4/c1-8-14-29-18(4)22(24(31)33-9-2)23(28-25(29)32)19-10-12-20(13-11-19)27-21(30)15-17(3)16-26(5,6)7/h10-13,17,23H,8-9,14-16H2,1-7H3,(H,27,30)(H,28,32). The van der Waals surface area contributed by atoms with Gasteiger partial charge in [0.2, 0.25) is 5.91 Å². The molecule has 2 rings (SSSR count). The number of allylic oxidation sites excluding steroid dienone is 1. The fraction of sp³-hybridized carbons (Fsp3) is 0.577. The van der Waals surface area contributed by atoms with Gasteiger partial charge in [0, 0.05) is 24.4 Å². The van der Waals surface area contributed by atoms with E-state index in [2.05, 4.69) is 38.3 Å². The quantitative estimate of drug-likeness (QED) is 0.486. The van der Waals surface area contributed by atoms with Crippen LogP contribution < -0.4 is 10.6 Å². The van der Waals surface area contributed by atoms with E-state index in [1.54, 1.807) is 30.9 Å². The highest BCUT2D eigenvalue weighted by Crippen LogP contribution is 2.32. The number of rotatable bonds is 9. The molecule has 7 nitrogen and oxygen atoms in total. The van der Waals surface area contributed by atoms with Gasteiger partial charge in [0.05, 0.1) is 18.2 Å². The molecule has 2 unspecified atom stereocenters. The third-order valence-corrected chi connectivity index (χ3v) is 5.56. The maximum Gasteiger partial charge on any atom is 0.338 e. The van der Waals surface area contributed by atoms with Crippen LogP contribution in [0.4, 0.5) is 10.5 Å². The number of carbonyl (C=O) groups is 3. The molecule has 0 saturated carbocycles. The van der Waals surface area contributed by atoms with Crippen molar-refractivity contribution in [3.05, 3.63) is 41.1 Å². The predicted molar refractivity (Wildman–Crippen MR) is 131 cm³/mol. The van der Waals surface area contributed by atoms with E-state index in [9.17, 15) is 14.4 Å². The average molecular weight is 458 g/mol. The van der Waals surface area contributed by atoms with E-state index in [1.165, 1.54) is 0 Å². The van der Waals surface area contributed by atoms with Gasteiger partial charge in [0.1, 0.15) is 0 Å². The Labute approximate surface area is 197 Å². The molecular formula is C26H39N3O4. The molecule has 3 amide bonds. The molecule has 1 aliphatic rings. The van der Waals surface area contributed by atoms with E-state index in [0.29, 0.717) is 29.9 Å². The largest absolute Gasteiger partial charge is 0.463 e. The summed E-state index contributed by atoms with van der Waals surface area (Å²) in [4.78, 5) is 39.5. The lowest BCUT2D eigenvalue weighted by Gasteiger charge is -2.35. The Morgan fingerprint density at radius 2 is 1.82 bits per heavy atom. The number of hydrogen-bond acceptors (Lipinski definition) is 4. The van der Waals surface area contributed by atoms with E-state index < -0.39 is 12.0 Å². The van der Waals surface area contributed by atoms with E-state index in [-0.39, 0.29) is 29.9 Å². The molecule has 0 bridgehead atoms. The summed E-state index contributed by atoms with van der Waals surface area (Å²) in [7, 11) is 0. The van der Waals surface area contributed by atoms with Crippen LogP contribution in [-0.4, -0.2) is 36.0 Å². The maximum atomic E-state index is 12.7. The first kappa shape index (κ1) is 26.4. The molecule has 0 fully saturated rings. The molecule has 2 N–H and O–H groups in total. The van der Waals surface area contributed by atoms with Crippen molar-refractivity contribution in [3.63, 3.8) is 0 Å². The van der Waals surface area contributed by atoms with Crippen molar-refractivity contribution in [2.24, 2.45) is 11.3 Å². The fourth-order valence-electron chi connectivity index (χ4n) is 4.40. The van der Waals surface area contributed by atoms with Gasteiger partial charge >= 0.3 is 12.0 Å². The lowest BCUT2D eigenvalue weighted by Crippen LogP contribution is -2.48. The molecule has 0 saturated heterocycles. The number of carbonyl (C=O) groups excluding carboxylic acids is 3. The molecule has 1 aliphatic heterocycles. The van der Waals surface area contributed by atoms with Crippen LogP contribution in [0.25, 0.3) is 0 Å². The first-order chi connectivity index (χ1) is 15.5. The Balaban J connectivity index is 2.19. The van der Waals surface area contributed by atoms with E-state index in [4.69, 9.17) is 4.74 Å². The second-order valence-electron chi connectivity index (χ2n) is 10.00. The number of nitrogens with one attached hydrogen (secondary N) is 2. The number of nitrogens with zero attached hydrogens (tertiary/aromatic N) is 1. The van der Waals surface area contributed by atoms with Crippen LogP contribution in [-0.2, 0) is 14.3 Å². The van der Waals surface area contributed by atoms with E-state index >= 15 is 0 Å². The summed E-state index contributed by atoms with van der Waals surface area (Å²) in [6.45, 7) is 14.9. The monoisotopic (exact) mass is 457 g/mol. The Hall–Kier alpha value is -2.83. The third-order valence-electron chi connectivity index (χ3n) is 5.56. The minimum Gasteiger partial charge on any atom is -0.463 e. The highest BCUT2D eigenvalue weighted by molar-refractivity contribution is 5.95. The minimum atomic E-state index is -0.610. The highest BCUT2D eigenvalue weighted by atomic mass is 16.5. The van der Waals surface area contributed by atoms with Gasteiger partial charge in [-0.3, -0.25) is 9.69 Å². The maximum absolute atomic E-state index is 12.7. The van der Waals surface area contributed by atoms with Crippen LogP contribution in [0.5, 0.6) is 0 Å². The first-order valence-electron chi connectivity index (χ1n) is 11.8. The summed E-state index contributed by atoms with van der Waals surface area (Å²) < 4.78 is 5.28. The summed E-state index contributed by atoms with van der Waals surface area (Å²) in [6, 6.07) is 6.38. The lowest BCUT2D eigenvalue weighted by atomic mass is 9.84. The highest BCUT2D eigenvalue weighted by Gasteiger charge is 2.36. The number of urea groups is 1. The molecule has 0 aliphatic carbocycles. The van der Waals surface area contributed by atoms with Crippen molar-refractivity contribution in [3.8, 4) is 0 Å². The van der Waals surface area contributed by atoms with Crippen LogP contribution in [0, 0.1) is 11.3 Å². The van der Waals surface area contributed by atoms with Crippen LogP contribution >= 0.6 is 0 Å². The number of anilines is 1. The molecule has 1 heterocycles. The first-order valence-corrected chi connectivity index (χ1v) is 11.8. The summed E-state index contributed by atoms with van der Waals surface area (Å²) >= 11 is 0. The van der Waals surface area contributed by atoms with Crippen molar-refractivity contribution in [2.75, 3.05) is 18.5 Å². The molecule has 182 valence electrons. The Bertz CT molecular complexity index is 884. The Morgan fingerprint density at radius 1 is 1.18 bits per heavy atom. The molecular weight excluding hydrogens is 418 g/mol. The third kappa shape index (κ3) is 7.34. The van der Waals surface area contributed by atoms with Crippen LogP contribution in [0.15, 0.2) is 35.5 Å². The summed E-state index contributed by atoms with van der Waals surface area (Å²) in [5.41, 5.74) is 2.65. The minimum absolute atomic E-state index is 0.0244. The average Bonchev–Trinajstić information content (AvgIpc) is 2.69. The van der Waals surface area contributed by atoms with Crippen molar-refractivity contribution in [1.82, 2.24) is 10.2 Å². The summed E-state index contributed by atoms with van der Waals surface area (Å²) in [5, 5.41) is 5.88. The zero-order chi connectivity index (χ0) is 24.8. The molecule has 0 spiro atoms. The number of amides is 3. The number of ether oxygens (including phenoxy) is 1. The molecule has 2 atom stereocenters. The number of esters is 1. The second kappa shape index (κ2) is 11.3. The molecule has 7 heteroatoms. The molecule has 0 radical (unpaired) electrons. The van der Waals surface area contributed by atoms with Crippen molar-refractivity contribution in [2.45, 2.75) is 73.8 Å². The topological polar surface area (TPSA) is 87.7 Å². The van der Waals surface area contributed by atoms with Crippen LogP contribution in [0.2, 0.25) is 0 Å². The van der Waals surface area contributed by atoms with Crippen molar-refractivity contribution in [1.29, 1.82) is 0 Å². The molecule has 1 aromatic rings. The van der Waals surface area contributed by atoms with E-state index in [1.807, 2.05) is 19.1 Å². The van der Waals surface area contributed by atoms with Gasteiger partial charge in [0.25, 0.3) is 0 Å². The fourth-order valence-corrected chi connectivity index (χ4v) is 4.40. The normalized spacial score (nSPS) is 17.5. The lowest BCUT2D eigenvalue weighted by molar-refractivity contribution is -0.139. The summed E-state index contributed by atoms with van der Waals surface area (Å²) in [5.74, 6) is -0.178. The van der Waals surface area contributed by atoms with Gasteiger partial charge in [-0.25, -0.2) is 9.59 Å².